The molecule has 0 unspecified atom stereocenters. The molecule has 0 spiro atoms. The largest absolute Gasteiger partial charge is 0.456 e. The highest BCUT2D eigenvalue weighted by Gasteiger charge is 2.07. The standard InChI is InChI=1S/C14H14BO/c1-4-11(15-3)9-14-10(2)12-7-5-6-8-13(12)16-14/h4-9H,1H2,2-3H3/b11-9+. The van der Waals surface area contributed by atoms with E-state index in [0.29, 0.717) is 0 Å². The number of hydrogen-bond donors (Lipinski definition) is 0. The minimum Gasteiger partial charge on any atom is -0.456 e. The third kappa shape index (κ3) is 1.83. The molecular formula is C14H14BO. The van der Waals surface area contributed by atoms with Crippen LogP contribution in [0.3, 0.4) is 0 Å². The first-order valence-electron chi connectivity index (χ1n) is 5.38. The van der Waals surface area contributed by atoms with E-state index in [2.05, 4.69) is 19.6 Å². The fraction of sp³-hybridized carbons (Fsp3) is 0.143. The molecule has 0 saturated carbocycles. The molecule has 0 aliphatic carbocycles. The van der Waals surface area contributed by atoms with Gasteiger partial charge in [-0.05, 0) is 19.1 Å². The lowest BCUT2D eigenvalue weighted by molar-refractivity contribution is 0.601. The molecule has 0 atom stereocenters. The quantitative estimate of drug-likeness (QED) is 0.549. The molecule has 2 heteroatoms. The van der Waals surface area contributed by atoms with Crippen LogP contribution in [0.2, 0.25) is 6.82 Å². The number of furan rings is 1. The van der Waals surface area contributed by atoms with Crippen molar-refractivity contribution in [3.8, 4) is 0 Å². The summed E-state index contributed by atoms with van der Waals surface area (Å²) >= 11 is 0. The van der Waals surface area contributed by atoms with Crippen molar-refractivity contribution < 1.29 is 4.42 Å². The van der Waals surface area contributed by atoms with Crippen molar-refractivity contribution in [2.24, 2.45) is 0 Å². The second kappa shape index (κ2) is 4.44. The topological polar surface area (TPSA) is 13.1 Å². The second-order valence-electron chi connectivity index (χ2n) is 3.72. The minimum absolute atomic E-state index is 0.911. The Labute approximate surface area is 96.7 Å². The van der Waals surface area contributed by atoms with E-state index in [-0.39, 0.29) is 0 Å². The Balaban J connectivity index is 2.57. The second-order valence-corrected chi connectivity index (χ2v) is 3.72. The summed E-state index contributed by atoms with van der Waals surface area (Å²) in [6, 6.07) is 8.08. The van der Waals surface area contributed by atoms with Gasteiger partial charge in [-0.1, -0.05) is 43.1 Å². The van der Waals surface area contributed by atoms with E-state index < -0.39 is 0 Å². The molecule has 0 aliphatic rings. The Morgan fingerprint density at radius 1 is 1.38 bits per heavy atom. The summed E-state index contributed by atoms with van der Waals surface area (Å²) < 4.78 is 5.79. The van der Waals surface area contributed by atoms with E-state index in [9.17, 15) is 0 Å². The van der Waals surface area contributed by atoms with Crippen LogP contribution in [0, 0.1) is 6.92 Å². The van der Waals surface area contributed by atoms with Gasteiger partial charge in [0.15, 0.2) is 0 Å². The highest BCUT2D eigenvalue weighted by Crippen LogP contribution is 2.26. The van der Waals surface area contributed by atoms with Crippen LogP contribution < -0.4 is 0 Å². The van der Waals surface area contributed by atoms with Crippen molar-refractivity contribution in [2.75, 3.05) is 0 Å². The SMILES string of the molecule is C=C/C([B]C)=C\c1oc2ccccc2c1C. The number of allylic oxidation sites excluding steroid dienone is 2. The molecule has 16 heavy (non-hydrogen) atoms. The highest BCUT2D eigenvalue weighted by molar-refractivity contribution is 6.46. The summed E-state index contributed by atoms with van der Waals surface area (Å²) in [5.74, 6) is 0.911. The molecule has 79 valence electrons. The van der Waals surface area contributed by atoms with Crippen LogP contribution >= 0.6 is 0 Å². The predicted molar refractivity (Wildman–Crippen MR) is 70.7 cm³/mol. The number of hydrogen-bond acceptors (Lipinski definition) is 1. The van der Waals surface area contributed by atoms with Crippen molar-refractivity contribution >= 4 is 24.3 Å². The molecule has 0 saturated heterocycles. The van der Waals surface area contributed by atoms with Gasteiger partial charge in [0.25, 0.3) is 0 Å². The number of para-hydroxylation sites is 1. The Morgan fingerprint density at radius 2 is 2.12 bits per heavy atom. The van der Waals surface area contributed by atoms with Crippen LogP contribution in [-0.2, 0) is 0 Å². The lowest BCUT2D eigenvalue weighted by Gasteiger charge is -1.94. The van der Waals surface area contributed by atoms with Crippen LogP contribution in [0.5, 0.6) is 0 Å². The first kappa shape index (κ1) is 10.8. The number of benzene rings is 1. The van der Waals surface area contributed by atoms with Gasteiger partial charge >= 0.3 is 0 Å². The molecule has 0 amide bonds. The number of aryl methyl sites for hydroxylation is 1. The zero-order chi connectivity index (χ0) is 11.5. The fourth-order valence-corrected chi connectivity index (χ4v) is 1.74. The maximum atomic E-state index is 5.79. The van der Waals surface area contributed by atoms with Gasteiger partial charge in [-0.15, -0.1) is 0 Å². The van der Waals surface area contributed by atoms with E-state index in [1.54, 1.807) is 0 Å². The van der Waals surface area contributed by atoms with Gasteiger partial charge in [0.1, 0.15) is 18.6 Å². The summed E-state index contributed by atoms with van der Waals surface area (Å²) in [7, 11) is 2.01. The Kier molecular flexibility index (Phi) is 3.00. The molecule has 0 N–H and O–H groups in total. The van der Waals surface area contributed by atoms with Crippen molar-refractivity contribution in [3.63, 3.8) is 0 Å². The molecule has 1 aromatic carbocycles. The number of fused-ring (bicyclic) bond motifs is 1. The molecule has 0 aliphatic heterocycles. The van der Waals surface area contributed by atoms with Gasteiger partial charge < -0.3 is 4.42 Å². The van der Waals surface area contributed by atoms with Gasteiger partial charge in [0.05, 0.1) is 0 Å². The minimum atomic E-state index is 0.911. The van der Waals surface area contributed by atoms with E-state index in [0.717, 1.165) is 16.8 Å². The molecule has 0 fully saturated rings. The van der Waals surface area contributed by atoms with Crippen LogP contribution in [0.15, 0.2) is 46.8 Å². The van der Waals surface area contributed by atoms with Crippen LogP contribution in [0.1, 0.15) is 11.3 Å². The third-order valence-electron chi connectivity index (χ3n) is 2.75. The monoisotopic (exact) mass is 209 g/mol. The molecule has 2 rings (SSSR count). The first-order valence-corrected chi connectivity index (χ1v) is 5.38. The summed E-state index contributed by atoms with van der Waals surface area (Å²) in [6.45, 7) is 7.84. The maximum absolute atomic E-state index is 5.79. The van der Waals surface area contributed by atoms with Gasteiger partial charge in [-0.2, -0.15) is 0 Å². The van der Waals surface area contributed by atoms with E-state index in [1.165, 1.54) is 10.9 Å². The van der Waals surface area contributed by atoms with Crippen LogP contribution in [0.4, 0.5) is 0 Å². The van der Waals surface area contributed by atoms with Gasteiger partial charge in [-0.25, -0.2) is 0 Å². The molecule has 0 bridgehead atoms. The van der Waals surface area contributed by atoms with Crippen molar-refractivity contribution in [1.29, 1.82) is 0 Å². The lowest BCUT2D eigenvalue weighted by atomic mass is 9.72. The Morgan fingerprint density at radius 3 is 2.75 bits per heavy atom. The molecule has 1 radical (unpaired) electrons. The fourth-order valence-electron chi connectivity index (χ4n) is 1.74. The molecular weight excluding hydrogens is 195 g/mol. The summed E-state index contributed by atoms with van der Waals surface area (Å²) in [6.07, 6.45) is 3.84. The van der Waals surface area contributed by atoms with Gasteiger partial charge in [0, 0.05) is 10.9 Å². The molecule has 1 heterocycles. The lowest BCUT2D eigenvalue weighted by Crippen LogP contribution is -1.85. The smallest absolute Gasteiger partial charge is 0.148 e. The first-order chi connectivity index (χ1) is 7.76. The normalized spacial score (nSPS) is 11.8. The highest BCUT2D eigenvalue weighted by atomic mass is 16.3. The zero-order valence-corrected chi connectivity index (χ0v) is 9.66. The van der Waals surface area contributed by atoms with Gasteiger partial charge in [0.2, 0.25) is 0 Å². The summed E-state index contributed by atoms with van der Waals surface area (Å²) in [5, 5.41) is 1.17. The van der Waals surface area contributed by atoms with Crippen LogP contribution in [0.25, 0.3) is 17.0 Å². The third-order valence-corrected chi connectivity index (χ3v) is 2.75. The molecule has 1 aromatic heterocycles. The van der Waals surface area contributed by atoms with Crippen molar-refractivity contribution in [1.82, 2.24) is 0 Å². The molecule has 1 nitrogen and oxygen atoms in total. The number of rotatable bonds is 3. The Bertz CT molecular complexity index is 549. The van der Waals surface area contributed by atoms with E-state index in [4.69, 9.17) is 4.42 Å². The van der Waals surface area contributed by atoms with E-state index >= 15 is 0 Å². The van der Waals surface area contributed by atoms with Crippen LogP contribution in [-0.4, -0.2) is 7.28 Å². The van der Waals surface area contributed by atoms with Crippen molar-refractivity contribution in [3.05, 3.63) is 53.7 Å². The summed E-state index contributed by atoms with van der Waals surface area (Å²) in [5.41, 5.74) is 3.18. The maximum Gasteiger partial charge on any atom is 0.148 e. The summed E-state index contributed by atoms with van der Waals surface area (Å²) in [4.78, 5) is 0. The molecule has 2 aromatic rings. The average molecular weight is 209 g/mol. The zero-order valence-electron chi connectivity index (χ0n) is 9.66. The van der Waals surface area contributed by atoms with Crippen molar-refractivity contribution in [2.45, 2.75) is 13.7 Å². The van der Waals surface area contributed by atoms with E-state index in [1.807, 2.05) is 44.5 Å². The Hall–Kier alpha value is -1.70. The average Bonchev–Trinajstić information content (AvgIpc) is 2.64. The van der Waals surface area contributed by atoms with Gasteiger partial charge in [-0.3, -0.25) is 0 Å². The predicted octanol–water partition coefficient (Wildman–Crippen LogP) is 4.02.